The molecule has 10 heteroatoms. The van der Waals surface area contributed by atoms with Gasteiger partial charge in [-0.3, -0.25) is 28.7 Å². The van der Waals surface area contributed by atoms with Gasteiger partial charge in [-0.2, -0.15) is 0 Å². The zero-order valence-electron chi connectivity index (χ0n) is 18.5. The van der Waals surface area contributed by atoms with Crippen LogP contribution in [-0.2, 0) is 9.63 Å². The lowest BCUT2D eigenvalue weighted by molar-refractivity contribution is -0.124. The number of carbonyl (C=O) groups excluding carboxylic acids is 2. The normalized spacial score (nSPS) is 14.2. The van der Waals surface area contributed by atoms with Gasteiger partial charge in [0.25, 0.3) is 11.5 Å². The van der Waals surface area contributed by atoms with Crippen LogP contribution in [0.25, 0.3) is 16.6 Å². The zero-order chi connectivity index (χ0) is 23.4. The molecule has 0 atom stereocenters. The molecule has 0 saturated carbocycles. The van der Waals surface area contributed by atoms with E-state index in [-0.39, 0.29) is 11.5 Å². The van der Waals surface area contributed by atoms with Gasteiger partial charge in [0.15, 0.2) is 0 Å². The molecule has 1 fully saturated rings. The van der Waals surface area contributed by atoms with Crippen molar-refractivity contribution in [3.05, 3.63) is 64.2 Å². The Morgan fingerprint density at radius 3 is 2.85 bits per heavy atom. The van der Waals surface area contributed by atoms with Crippen LogP contribution in [0.2, 0.25) is 0 Å². The molecule has 1 aromatic heterocycles. The van der Waals surface area contributed by atoms with Gasteiger partial charge in [0, 0.05) is 25.2 Å². The van der Waals surface area contributed by atoms with E-state index >= 15 is 0 Å². The van der Waals surface area contributed by atoms with Crippen LogP contribution in [0.4, 0.5) is 0 Å². The third kappa shape index (κ3) is 5.02. The number of nitrogens with one attached hydrogen (secondary N) is 2. The summed E-state index contributed by atoms with van der Waals surface area (Å²) in [7, 11) is 1.35. The lowest BCUT2D eigenvalue weighted by Crippen LogP contribution is -2.48. The van der Waals surface area contributed by atoms with Crippen molar-refractivity contribution in [3.8, 4) is 11.4 Å². The van der Waals surface area contributed by atoms with Crippen molar-refractivity contribution in [2.24, 2.45) is 0 Å². The summed E-state index contributed by atoms with van der Waals surface area (Å²) in [5, 5.41) is 3.19. The number of benzene rings is 2. The standard InChI is InChI=1S/C23H25N5O5/c1-15-3-4-16(22(30)26-32-2)11-20(15)28-14-25-19-6-5-17(12-18(19)23(28)31)33-10-9-27-8-7-24-21(29)13-27/h3-6,11-12,14H,7-10,13H2,1-2H3,(H,24,29)(H,26,30). The zero-order valence-corrected chi connectivity index (χ0v) is 18.5. The second-order valence-corrected chi connectivity index (χ2v) is 7.71. The molecule has 1 saturated heterocycles. The van der Waals surface area contributed by atoms with E-state index in [1.807, 2.05) is 11.8 Å². The summed E-state index contributed by atoms with van der Waals surface area (Å²) >= 11 is 0. The van der Waals surface area contributed by atoms with Crippen molar-refractivity contribution in [1.82, 2.24) is 25.2 Å². The molecule has 10 nitrogen and oxygen atoms in total. The summed E-state index contributed by atoms with van der Waals surface area (Å²) in [6.45, 7) is 4.62. The summed E-state index contributed by atoms with van der Waals surface area (Å²) in [5.41, 5.74) is 4.26. The Labute approximate surface area is 190 Å². The number of hydroxylamine groups is 1. The van der Waals surface area contributed by atoms with E-state index in [2.05, 4.69) is 20.6 Å². The molecule has 33 heavy (non-hydrogen) atoms. The Morgan fingerprint density at radius 2 is 2.06 bits per heavy atom. The molecular formula is C23H25N5O5. The summed E-state index contributed by atoms with van der Waals surface area (Å²) in [4.78, 5) is 48.0. The molecule has 0 aliphatic carbocycles. The number of piperazine rings is 1. The van der Waals surface area contributed by atoms with Gasteiger partial charge in [-0.15, -0.1) is 0 Å². The van der Waals surface area contributed by atoms with E-state index in [0.717, 1.165) is 12.1 Å². The molecule has 1 aliphatic rings. The molecule has 0 unspecified atom stereocenters. The third-order valence-corrected chi connectivity index (χ3v) is 5.45. The van der Waals surface area contributed by atoms with Crippen molar-refractivity contribution >= 4 is 22.7 Å². The van der Waals surface area contributed by atoms with Gasteiger partial charge in [-0.25, -0.2) is 10.5 Å². The van der Waals surface area contributed by atoms with E-state index < -0.39 is 5.91 Å². The van der Waals surface area contributed by atoms with E-state index in [1.54, 1.807) is 36.4 Å². The average Bonchev–Trinajstić information content (AvgIpc) is 2.80. The Balaban J connectivity index is 1.58. The van der Waals surface area contributed by atoms with Gasteiger partial charge in [-0.05, 0) is 42.8 Å². The Hall–Kier alpha value is -3.76. The van der Waals surface area contributed by atoms with Crippen molar-refractivity contribution in [3.63, 3.8) is 0 Å². The van der Waals surface area contributed by atoms with Gasteiger partial charge in [0.1, 0.15) is 18.7 Å². The smallest absolute Gasteiger partial charge is 0.274 e. The number of aromatic nitrogens is 2. The molecule has 172 valence electrons. The summed E-state index contributed by atoms with van der Waals surface area (Å²) in [6.07, 6.45) is 1.45. The van der Waals surface area contributed by atoms with Gasteiger partial charge in [0.05, 0.1) is 30.2 Å². The number of ether oxygens (including phenoxy) is 1. The van der Waals surface area contributed by atoms with Crippen LogP contribution in [0, 0.1) is 6.92 Å². The Bertz CT molecular complexity index is 1260. The number of fused-ring (bicyclic) bond motifs is 1. The topological polar surface area (TPSA) is 115 Å². The highest BCUT2D eigenvalue weighted by molar-refractivity contribution is 5.94. The number of carbonyl (C=O) groups is 2. The predicted molar refractivity (Wildman–Crippen MR) is 121 cm³/mol. The second-order valence-electron chi connectivity index (χ2n) is 7.71. The molecular weight excluding hydrogens is 426 g/mol. The van der Waals surface area contributed by atoms with E-state index in [9.17, 15) is 14.4 Å². The van der Waals surface area contributed by atoms with Crippen LogP contribution < -0.4 is 21.1 Å². The SMILES string of the molecule is CONC(=O)c1ccc(C)c(-n2cnc3ccc(OCCN4CCNC(=O)C4)cc3c2=O)c1. The fourth-order valence-electron chi connectivity index (χ4n) is 3.70. The largest absolute Gasteiger partial charge is 0.492 e. The molecule has 4 rings (SSSR count). The average molecular weight is 451 g/mol. The monoisotopic (exact) mass is 451 g/mol. The predicted octanol–water partition coefficient (Wildman–Crippen LogP) is 0.796. The molecule has 2 aromatic carbocycles. The maximum atomic E-state index is 13.3. The molecule has 2 N–H and O–H groups in total. The number of nitrogens with zero attached hydrogens (tertiary/aromatic N) is 3. The van der Waals surface area contributed by atoms with Crippen LogP contribution in [0.15, 0.2) is 47.5 Å². The van der Waals surface area contributed by atoms with Crippen LogP contribution >= 0.6 is 0 Å². The minimum Gasteiger partial charge on any atom is -0.492 e. The van der Waals surface area contributed by atoms with Crippen molar-refractivity contribution in [2.75, 3.05) is 39.9 Å². The first-order valence-corrected chi connectivity index (χ1v) is 10.5. The highest BCUT2D eigenvalue weighted by Crippen LogP contribution is 2.19. The van der Waals surface area contributed by atoms with E-state index in [4.69, 9.17) is 4.74 Å². The fraction of sp³-hybridized carbons (Fsp3) is 0.304. The first-order chi connectivity index (χ1) is 16.0. The lowest BCUT2D eigenvalue weighted by atomic mass is 10.1. The number of hydrogen-bond donors (Lipinski definition) is 2. The molecule has 0 bridgehead atoms. The molecule has 0 spiro atoms. The minimum atomic E-state index is -0.414. The quantitative estimate of drug-likeness (QED) is 0.511. The van der Waals surface area contributed by atoms with Crippen LogP contribution in [-0.4, -0.2) is 66.2 Å². The number of aryl methyl sites for hydroxylation is 1. The molecule has 1 aliphatic heterocycles. The first kappa shape index (κ1) is 22.4. The molecule has 3 aromatic rings. The van der Waals surface area contributed by atoms with Crippen LogP contribution in [0.5, 0.6) is 5.75 Å². The first-order valence-electron chi connectivity index (χ1n) is 10.5. The van der Waals surface area contributed by atoms with Crippen molar-refractivity contribution in [2.45, 2.75) is 6.92 Å². The molecule has 0 radical (unpaired) electrons. The highest BCUT2D eigenvalue weighted by atomic mass is 16.6. The van der Waals surface area contributed by atoms with Crippen LogP contribution in [0.3, 0.4) is 0 Å². The minimum absolute atomic E-state index is 0.0117. The fourth-order valence-corrected chi connectivity index (χ4v) is 3.70. The van der Waals surface area contributed by atoms with Gasteiger partial charge < -0.3 is 10.1 Å². The Kier molecular flexibility index (Phi) is 6.66. The van der Waals surface area contributed by atoms with Gasteiger partial charge in [-0.1, -0.05) is 6.07 Å². The Morgan fingerprint density at radius 1 is 1.21 bits per heavy atom. The van der Waals surface area contributed by atoms with Crippen molar-refractivity contribution < 1.29 is 19.2 Å². The summed E-state index contributed by atoms with van der Waals surface area (Å²) in [6, 6.07) is 10.2. The third-order valence-electron chi connectivity index (χ3n) is 5.45. The number of rotatable bonds is 7. The van der Waals surface area contributed by atoms with Gasteiger partial charge >= 0.3 is 0 Å². The summed E-state index contributed by atoms with van der Waals surface area (Å²) in [5.74, 6) is 0.144. The molecule has 2 heterocycles. The van der Waals surface area contributed by atoms with E-state index in [0.29, 0.717) is 54.1 Å². The summed E-state index contributed by atoms with van der Waals surface area (Å²) < 4.78 is 7.25. The lowest BCUT2D eigenvalue weighted by Gasteiger charge is -2.26. The maximum absolute atomic E-state index is 13.3. The highest BCUT2D eigenvalue weighted by Gasteiger charge is 2.16. The van der Waals surface area contributed by atoms with Gasteiger partial charge in [0.2, 0.25) is 5.91 Å². The second kappa shape index (κ2) is 9.80. The number of amides is 2. The maximum Gasteiger partial charge on any atom is 0.274 e. The van der Waals surface area contributed by atoms with Crippen LogP contribution in [0.1, 0.15) is 15.9 Å². The van der Waals surface area contributed by atoms with Crippen molar-refractivity contribution in [1.29, 1.82) is 0 Å². The van der Waals surface area contributed by atoms with E-state index in [1.165, 1.54) is 18.0 Å². The number of hydrogen-bond acceptors (Lipinski definition) is 7. The molecule has 2 amide bonds.